The minimum absolute atomic E-state index is 0.109. The van der Waals surface area contributed by atoms with Gasteiger partial charge in [0.15, 0.2) is 9.84 Å². The first-order valence-corrected chi connectivity index (χ1v) is 9.45. The Balaban J connectivity index is 1.88. The Morgan fingerprint density at radius 3 is 2.46 bits per heavy atom. The van der Waals surface area contributed by atoms with Crippen LogP contribution in [0.1, 0.15) is 15.9 Å². The first-order chi connectivity index (χ1) is 11.4. The molecule has 0 heterocycles. The minimum Gasteiger partial charge on any atom is -0.422 e. The largest absolute Gasteiger partial charge is 0.422 e. The summed E-state index contributed by atoms with van der Waals surface area (Å²) in [6, 6.07) is 19.6. The quantitative estimate of drug-likeness (QED) is 0.538. The number of hydrogen-bond donors (Lipinski definition) is 0. The van der Waals surface area contributed by atoms with E-state index in [9.17, 15) is 13.2 Å². The van der Waals surface area contributed by atoms with E-state index in [2.05, 4.69) is 0 Å². The van der Waals surface area contributed by atoms with Gasteiger partial charge in [0, 0.05) is 11.6 Å². The molecule has 0 radical (unpaired) electrons. The van der Waals surface area contributed by atoms with Gasteiger partial charge in [0.2, 0.25) is 0 Å². The van der Waals surface area contributed by atoms with Crippen molar-refractivity contribution in [2.45, 2.75) is 5.75 Å². The van der Waals surface area contributed by atoms with E-state index in [0.29, 0.717) is 16.9 Å². The maximum Gasteiger partial charge on any atom is 0.343 e. The molecule has 3 aromatic carbocycles. The smallest absolute Gasteiger partial charge is 0.343 e. The van der Waals surface area contributed by atoms with Gasteiger partial charge in [-0.2, -0.15) is 0 Å². The lowest BCUT2D eigenvalue weighted by atomic mass is 10.1. The third kappa shape index (κ3) is 3.81. The van der Waals surface area contributed by atoms with Crippen molar-refractivity contribution in [2.75, 3.05) is 6.26 Å². The summed E-state index contributed by atoms with van der Waals surface area (Å²) >= 11 is 0. The number of rotatable bonds is 4. The highest BCUT2D eigenvalue weighted by molar-refractivity contribution is 7.89. The summed E-state index contributed by atoms with van der Waals surface area (Å²) in [4.78, 5) is 12.4. The summed E-state index contributed by atoms with van der Waals surface area (Å²) < 4.78 is 28.3. The predicted octanol–water partition coefficient (Wildman–Crippen LogP) is 3.60. The molecule has 0 amide bonds. The van der Waals surface area contributed by atoms with Gasteiger partial charge in [-0.3, -0.25) is 0 Å². The van der Waals surface area contributed by atoms with Crippen LogP contribution in [-0.2, 0) is 15.6 Å². The van der Waals surface area contributed by atoms with Gasteiger partial charge in [-0.25, -0.2) is 13.2 Å². The van der Waals surface area contributed by atoms with E-state index in [0.717, 1.165) is 17.0 Å². The van der Waals surface area contributed by atoms with Gasteiger partial charge in [0.05, 0.1) is 11.3 Å². The first-order valence-electron chi connectivity index (χ1n) is 7.39. The molecule has 0 saturated carbocycles. The number of fused-ring (bicyclic) bond motifs is 1. The molecule has 0 aromatic heterocycles. The van der Waals surface area contributed by atoms with Crippen LogP contribution in [0.2, 0.25) is 0 Å². The molecular formula is C19H16O4S. The summed E-state index contributed by atoms with van der Waals surface area (Å²) in [5.74, 6) is -0.143. The molecule has 0 aliphatic heterocycles. The van der Waals surface area contributed by atoms with E-state index in [1.165, 1.54) is 0 Å². The number of sulfone groups is 1. The molecular weight excluding hydrogens is 324 g/mol. The molecule has 0 unspecified atom stereocenters. The van der Waals surface area contributed by atoms with E-state index >= 15 is 0 Å². The third-order valence-electron chi connectivity index (χ3n) is 3.54. The molecule has 0 atom stereocenters. The highest BCUT2D eigenvalue weighted by atomic mass is 32.2. The predicted molar refractivity (Wildman–Crippen MR) is 93.9 cm³/mol. The number of esters is 1. The van der Waals surface area contributed by atoms with Crippen LogP contribution in [0.15, 0.2) is 66.7 Å². The molecule has 0 aliphatic carbocycles. The fraction of sp³-hybridized carbons (Fsp3) is 0.105. The molecule has 3 aromatic rings. The van der Waals surface area contributed by atoms with Crippen LogP contribution in [0.3, 0.4) is 0 Å². The molecule has 0 saturated heterocycles. The van der Waals surface area contributed by atoms with Crippen molar-refractivity contribution in [3.8, 4) is 5.75 Å². The molecule has 4 nitrogen and oxygen atoms in total. The summed E-state index contributed by atoms with van der Waals surface area (Å²) in [6.07, 6.45) is 1.16. The zero-order chi connectivity index (χ0) is 17.2. The molecule has 122 valence electrons. The van der Waals surface area contributed by atoms with Crippen LogP contribution < -0.4 is 4.74 Å². The lowest BCUT2D eigenvalue weighted by Gasteiger charge is -2.08. The maximum absolute atomic E-state index is 12.4. The molecule has 0 fully saturated rings. The second-order valence-electron chi connectivity index (χ2n) is 5.64. The SMILES string of the molecule is CS(=O)(=O)Cc1cccc(C(=O)Oc2cccc3ccccc23)c1. The van der Waals surface area contributed by atoms with Gasteiger partial charge in [-0.15, -0.1) is 0 Å². The van der Waals surface area contributed by atoms with Gasteiger partial charge in [0.1, 0.15) is 5.75 Å². The van der Waals surface area contributed by atoms with Gasteiger partial charge in [0.25, 0.3) is 0 Å². The maximum atomic E-state index is 12.4. The second-order valence-corrected chi connectivity index (χ2v) is 7.78. The zero-order valence-corrected chi connectivity index (χ0v) is 13.9. The number of hydrogen-bond acceptors (Lipinski definition) is 4. The Hall–Kier alpha value is -2.66. The molecule has 0 aliphatic rings. The van der Waals surface area contributed by atoms with Crippen LogP contribution in [0, 0.1) is 0 Å². The Bertz CT molecular complexity index is 1000. The highest BCUT2D eigenvalue weighted by Gasteiger charge is 2.13. The lowest BCUT2D eigenvalue weighted by molar-refractivity contribution is 0.0737. The van der Waals surface area contributed by atoms with E-state index in [1.54, 1.807) is 30.3 Å². The third-order valence-corrected chi connectivity index (χ3v) is 4.40. The van der Waals surface area contributed by atoms with E-state index < -0.39 is 15.8 Å². The van der Waals surface area contributed by atoms with Gasteiger partial charge in [-0.1, -0.05) is 48.5 Å². The Labute approximate surface area is 140 Å². The number of ether oxygens (including phenoxy) is 1. The van der Waals surface area contributed by atoms with Crippen molar-refractivity contribution in [1.29, 1.82) is 0 Å². The van der Waals surface area contributed by atoms with Crippen LogP contribution in [0.25, 0.3) is 10.8 Å². The van der Waals surface area contributed by atoms with Gasteiger partial charge < -0.3 is 4.74 Å². The lowest BCUT2D eigenvalue weighted by Crippen LogP contribution is -2.10. The summed E-state index contributed by atoms with van der Waals surface area (Å²) in [5, 5.41) is 1.83. The molecule has 0 bridgehead atoms. The van der Waals surface area contributed by atoms with Crippen molar-refractivity contribution in [1.82, 2.24) is 0 Å². The minimum atomic E-state index is -3.16. The number of carbonyl (C=O) groups excluding carboxylic acids is 1. The van der Waals surface area contributed by atoms with Gasteiger partial charge in [-0.05, 0) is 29.1 Å². The zero-order valence-electron chi connectivity index (χ0n) is 13.1. The molecule has 3 rings (SSSR count). The van der Waals surface area contributed by atoms with Crippen LogP contribution >= 0.6 is 0 Å². The fourth-order valence-corrected chi connectivity index (χ4v) is 3.32. The average molecular weight is 340 g/mol. The summed E-state index contributed by atoms with van der Waals surface area (Å²) in [6.45, 7) is 0. The summed E-state index contributed by atoms with van der Waals surface area (Å²) in [5.41, 5.74) is 0.883. The molecule has 0 N–H and O–H groups in total. The molecule has 0 spiro atoms. The number of carbonyl (C=O) groups is 1. The topological polar surface area (TPSA) is 60.4 Å². The Morgan fingerprint density at radius 2 is 1.67 bits per heavy atom. The molecule has 5 heteroatoms. The van der Waals surface area contributed by atoms with Crippen LogP contribution in [-0.4, -0.2) is 20.6 Å². The average Bonchev–Trinajstić information content (AvgIpc) is 2.54. The van der Waals surface area contributed by atoms with E-state index in [-0.39, 0.29) is 5.75 Å². The second kappa shape index (κ2) is 6.45. The Morgan fingerprint density at radius 1 is 0.958 bits per heavy atom. The van der Waals surface area contributed by atoms with Crippen molar-refractivity contribution < 1.29 is 17.9 Å². The standard InChI is InChI=1S/C19H16O4S/c1-24(21,22)13-14-6-4-9-16(12-14)19(20)23-18-11-5-8-15-7-2-3-10-17(15)18/h2-12H,13H2,1H3. The monoisotopic (exact) mass is 340 g/mol. The number of benzene rings is 3. The Kier molecular flexibility index (Phi) is 4.36. The van der Waals surface area contributed by atoms with Crippen LogP contribution in [0.5, 0.6) is 5.75 Å². The van der Waals surface area contributed by atoms with Crippen molar-refractivity contribution in [2.24, 2.45) is 0 Å². The van der Waals surface area contributed by atoms with Crippen molar-refractivity contribution in [3.63, 3.8) is 0 Å². The highest BCUT2D eigenvalue weighted by Crippen LogP contribution is 2.26. The normalized spacial score (nSPS) is 11.4. The van der Waals surface area contributed by atoms with Crippen molar-refractivity contribution in [3.05, 3.63) is 77.9 Å². The van der Waals surface area contributed by atoms with E-state index in [1.807, 2.05) is 36.4 Å². The van der Waals surface area contributed by atoms with E-state index in [4.69, 9.17) is 4.74 Å². The van der Waals surface area contributed by atoms with Crippen molar-refractivity contribution >= 4 is 26.6 Å². The fourth-order valence-electron chi connectivity index (χ4n) is 2.53. The van der Waals surface area contributed by atoms with Gasteiger partial charge >= 0.3 is 5.97 Å². The first kappa shape index (κ1) is 16.2. The van der Waals surface area contributed by atoms with Crippen LogP contribution in [0.4, 0.5) is 0 Å². The molecule has 24 heavy (non-hydrogen) atoms. The summed E-state index contributed by atoms with van der Waals surface area (Å²) in [7, 11) is -3.16.